The van der Waals surface area contributed by atoms with Crippen LogP contribution in [0, 0.1) is 0 Å². The van der Waals surface area contributed by atoms with E-state index in [4.69, 9.17) is 0 Å². The third kappa shape index (κ3) is 3.79. The average Bonchev–Trinajstić information content (AvgIpc) is 2.91. The number of aromatic nitrogens is 2. The van der Waals surface area contributed by atoms with Crippen molar-refractivity contribution in [3.05, 3.63) is 54.1 Å². The first-order valence-corrected chi connectivity index (χ1v) is 8.33. The van der Waals surface area contributed by atoms with E-state index in [1.165, 1.54) is 5.56 Å². The molecule has 0 bridgehead atoms. The summed E-state index contributed by atoms with van der Waals surface area (Å²) < 4.78 is 2.17. The zero-order valence-electron chi connectivity index (χ0n) is 13.6. The van der Waals surface area contributed by atoms with Gasteiger partial charge in [0.25, 0.3) is 0 Å². The van der Waals surface area contributed by atoms with Gasteiger partial charge < -0.3 is 9.88 Å². The fraction of sp³-hybridized carbons (Fsp3) is 0.444. The Morgan fingerprint density at radius 2 is 2.09 bits per heavy atom. The van der Waals surface area contributed by atoms with Crippen LogP contribution in [-0.2, 0) is 17.9 Å². The highest BCUT2D eigenvalue weighted by Gasteiger charge is 2.27. The van der Waals surface area contributed by atoms with E-state index in [1.54, 1.807) is 0 Å². The summed E-state index contributed by atoms with van der Waals surface area (Å²) in [6.45, 7) is 5.29. The maximum absolute atomic E-state index is 12.2. The second kappa shape index (κ2) is 7.42. The van der Waals surface area contributed by atoms with E-state index in [0.717, 1.165) is 38.3 Å². The second-order valence-corrected chi connectivity index (χ2v) is 6.00. The molecular weight excluding hydrogens is 288 g/mol. The molecule has 0 unspecified atom stereocenters. The number of nitrogens with zero attached hydrogens (tertiary/aromatic N) is 3. The van der Waals surface area contributed by atoms with Crippen molar-refractivity contribution >= 4 is 5.91 Å². The van der Waals surface area contributed by atoms with E-state index in [2.05, 4.69) is 51.0 Å². The first-order valence-electron chi connectivity index (χ1n) is 8.33. The minimum absolute atomic E-state index is 0.0561. The van der Waals surface area contributed by atoms with Crippen LogP contribution in [0.2, 0.25) is 0 Å². The minimum atomic E-state index is -0.0561. The summed E-state index contributed by atoms with van der Waals surface area (Å²) in [5, 5.41) is 3.00. The molecule has 23 heavy (non-hydrogen) atoms. The van der Waals surface area contributed by atoms with Crippen molar-refractivity contribution in [2.45, 2.75) is 38.9 Å². The largest absolute Gasteiger partial charge is 0.355 e. The average molecular weight is 312 g/mol. The summed E-state index contributed by atoms with van der Waals surface area (Å²) in [5.74, 6) is 1.16. The molecule has 3 rings (SSSR count). The van der Waals surface area contributed by atoms with E-state index in [0.29, 0.717) is 6.54 Å². The number of hydrogen-bond donors (Lipinski definition) is 1. The Morgan fingerprint density at radius 1 is 1.26 bits per heavy atom. The molecule has 2 aromatic rings. The Bertz CT molecular complexity index is 637. The molecule has 0 aliphatic carbocycles. The van der Waals surface area contributed by atoms with Crippen molar-refractivity contribution in [3.63, 3.8) is 0 Å². The van der Waals surface area contributed by atoms with E-state index in [-0.39, 0.29) is 11.9 Å². The molecule has 1 aliphatic rings. The lowest BCUT2D eigenvalue weighted by atomic mass is 10.1. The first-order chi connectivity index (χ1) is 11.3. The highest BCUT2D eigenvalue weighted by Crippen LogP contribution is 2.14. The smallest absolute Gasteiger partial charge is 0.237 e. The summed E-state index contributed by atoms with van der Waals surface area (Å²) in [6, 6.07) is 10.3. The number of nitrogens with one attached hydrogen (secondary N) is 1. The normalized spacial score (nSPS) is 19.3. The molecule has 122 valence electrons. The number of carbonyl (C=O) groups excluding carboxylic acids is 1. The fourth-order valence-electron chi connectivity index (χ4n) is 3.16. The molecule has 1 saturated heterocycles. The number of amides is 1. The van der Waals surface area contributed by atoms with Gasteiger partial charge >= 0.3 is 0 Å². The number of rotatable bonds is 5. The zero-order valence-corrected chi connectivity index (χ0v) is 13.6. The summed E-state index contributed by atoms with van der Waals surface area (Å²) in [4.78, 5) is 19.0. The van der Waals surface area contributed by atoms with Crippen LogP contribution >= 0.6 is 0 Å². The van der Waals surface area contributed by atoms with Gasteiger partial charge in [0.05, 0.1) is 12.6 Å². The molecule has 1 aromatic heterocycles. The van der Waals surface area contributed by atoms with Crippen molar-refractivity contribution in [3.8, 4) is 0 Å². The lowest BCUT2D eigenvalue weighted by molar-refractivity contribution is -0.125. The highest BCUT2D eigenvalue weighted by molar-refractivity contribution is 5.81. The van der Waals surface area contributed by atoms with Gasteiger partial charge in [0.1, 0.15) is 5.82 Å². The third-order valence-corrected chi connectivity index (χ3v) is 4.39. The maximum atomic E-state index is 12.2. The van der Waals surface area contributed by atoms with Crippen molar-refractivity contribution in [1.82, 2.24) is 19.8 Å². The topological polar surface area (TPSA) is 50.2 Å². The molecule has 1 aliphatic heterocycles. The van der Waals surface area contributed by atoms with Gasteiger partial charge in [0, 0.05) is 32.0 Å². The number of benzene rings is 1. The lowest BCUT2D eigenvalue weighted by Crippen LogP contribution is -2.43. The molecule has 1 fully saturated rings. The number of carbonyl (C=O) groups is 1. The van der Waals surface area contributed by atoms with E-state index >= 15 is 0 Å². The SMILES string of the molecule is CC[C@H]1C(=O)NCCCN1Cc1nccn1Cc1ccccc1. The van der Waals surface area contributed by atoms with Gasteiger partial charge in [-0.15, -0.1) is 0 Å². The number of imidazole rings is 1. The molecule has 1 aromatic carbocycles. The van der Waals surface area contributed by atoms with Crippen molar-refractivity contribution in [1.29, 1.82) is 0 Å². The lowest BCUT2D eigenvalue weighted by Gasteiger charge is -2.27. The fourth-order valence-corrected chi connectivity index (χ4v) is 3.16. The second-order valence-electron chi connectivity index (χ2n) is 6.00. The van der Waals surface area contributed by atoms with Crippen LogP contribution in [0.5, 0.6) is 0 Å². The maximum Gasteiger partial charge on any atom is 0.237 e. The van der Waals surface area contributed by atoms with Crippen molar-refractivity contribution < 1.29 is 4.79 Å². The summed E-state index contributed by atoms with van der Waals surface area (Å²) in [7, 11) is 0. The standard InChI is InChI=1S/C18H24N4O/c1-2-16-18(23)20-9-6-11-21(16)14-17-19-10-12-22(17)13-15-7-4-3-5-8-15/h3-5,7-8,10,12,16H,2,6,9,11,13-14H2,1H3,(H,20,23)/t16-/m0/s1. The Hall–Kier alpha value is -2.14. The predicted molar refractivity (Wildman–Crippen MR) is 89.9 cm³/mol. The van der Waals surface area contributed by atoms with Crippen LogP contribution in [0.4, 0.5) is 0 Å². The van der Waals surface area contributed by atoms with Gasteiger partial charge in [-0.05, 0) is 18.4 Å². The molecule has 5 nitrogen and oxygen atoms in total. The third-order valence-electron chi connectivity index (χ3n) is 4.39. The van der Waals surface area contributed by atoms with Gasteiger partial charge in [-0.25, -0.2) is 4.98 Å². The van der Waals surface area contributed by atoms with Crippen LogP contribution in [0.25, 0.3) is 0 Å². The van der Waals surface area contributed by atoms with Crippen molar-refractivity contribution in [2.24, 2.45) is 0 Å². The molecule has 2 heterocycles. The predicted octanol–water partition coefficient (Wildman–Crippen LogP) is 2.03. The zero-order chi connectivity index (χ0) is 16.1. The van der Waals surface area contributed by atoms with Gasteiger partial charge in [-0.2, -0.15) is 0 Å². The monoisotopic (exact) mass is 312 g/mol. The Labute approximate surface area is 137 Å². The molecule has 0 spiro atoms. The molecule has 0 saturated carbocycles. The molecular formula is C18H24N4O. The molecule has 1 amide bonds. The Kier molecular flexibility index (Phi) is 5.08. The van der Waals surface area contributed by atoms with Gasteiger partial charge in [0.15, 0.2) is 0 Å². The van der Waals surface area contributed by atoms with Crippen molar-refractivity contribution in [2.75, 3.05) is 13.1 Å². The van der Waals surface area contributed by atoms with E-state index in [9.17, 15) is 4.79 Å². The van der Waals surface area contributed by atoms with Crippen LogP contribution in [0.1, 0.15) is 31.2 Å². The Balaban J connectivity index is 1.75. The quantitative estimate of drug-likeness (QED) is 0.919. The van der Waals surface area contributed by atoms with Crippen LogP contribution in [0.3, 0.4) is 0 Å². The van der Waals surface area contributed by atoms with Gasteiger partial charge in [0.2, 0.25) is 5.91 Å². The molecule has 1 atom stereocenters. The van der Waals surface area contributed by atoms with Gasteiger partial charge in [-0.3, -0.25) is 9.69 Å². The number of hydrogen-bond acceptors (Lipinski definition) is 3. The van der Waals surface area contributed by atoms with Crippen LogP contribution < -0.4 is 5.32 Å². The Morgan fingerprint density at radius 3 is 2.87 bits per heavy atom. The van der Waals surface area contributed by atoms with Crippen LogP contribution in [0.15, 0.2) is 42.7 Å². The first kappa shape index (κ1) is 15.7. The van der Waals surface area contributed by atoms with E-state index in [1.807, 2.05) is 18.5 Å². The molecule has 1 N–H and O–H groups in total. The highest BCUT2D eigenvalue weighted by atomic mass is 16.2. The van der Waals surface area contributed by atoms with Crippen LogP contribution in [-0.4, -0.2) is 39.5 Å². The molecule has 5 heteroatoms. The molecule has 0 radical (unpaired) electrons. The summed E-state index contributed by atoms with van der Waals surface area (Å²) in [6.07, 6.45) is 5.67. The van der Waals surface area contributed by atoms with E-state index < -0.39 is 0 Å². The van der Waals surface area contributed by atoms with Gasteiger partial charge in [-0.1, -0.05) is 37.3 Å². The summed E-state index contributed by atoms with van der Waals surface area (Å²) >= 11 is 0. The summed E-state index contributed by atoms with van der Waals surface area (Å²) in [5.41, 5.74) is 1.26. The minimum Gasteiger partial charge on any atom is -0.355 e.